The number of hydrogen-bond donors (Lipinski definition) is 11. The highest BCUT2D eigenvalue weighted by Crippen LogP contribution is 2.32. The molecule has 0 aromatic carbocycles. The summed E-state index contributed by atoms with van der Waals surface area (Å²) in [5, 5.41) is 71.0. The van der Waals surface area contributed by atoms with E-state index in [1.807, 2.05) is 0 Å². The number of ether oxygens (including phenoxy) is 4. The van der Waals surface area contributed by atoms with Crippen LogP contribution in [0.1, 0.15) is 13.3 Å². The standard InChI is InChI=1S/C19H38N4O11/c1-4(20)14-12(29)13(30)19(31-14)34-17-9(26)5(21)2-6(22)15(17)32-18-8(23)10(27)11(28)16(33-18)7(25)3-24/h4-19,24-30H,2-3,20-23H2,1H3/t4-,5?,6?,7+,8?,9?,10?,11?,12?,13?,14?,15?,16?,17?,18?,19?/m0/s1. The summed E-state index contributed by atoms with van der Waals surface area (Å²) in [6, 6.07) is -3.60. The maximum Gasteiger partial charge on any atom is 0.187 e. The van der Waals surface area contributed by atoms with Crippen LogP contribution in [0.25, 0.3) is 0 Å². The maximum absolute atomic E-state index is 10.7. The first-order valence-electron chi connectivity index (χ1n) is 11.2. The van der Waals surface area contributed by atoms with Crippen molar-refractivity contribution in [3.63, 3.8) is 0 Å². The van der Waals surface area contributed by atoms with Gasteiger partial charge in [-0.25, -0.2) is 0 Å². The molecule has 15 nitrogen and oxygen atoms in total. The molecular formula is C19H38N4O11. The fourth-order valence-corrected chi connectivity index (χ4v) is 4.59. The molecule has 2 saturated heterocycles. The zero-order chi connectivity index (χ0) is 25.5. The van der Waals surface area contributed by atoms with Crippen LogP contribution in [0.4, 0.5) is 0 Å². The number of aliphatic hydroxyl groups excluding tert-OH is 7. The van der Waals surface area contributed by atoms with Crippen molar-refractivity contribution in [1.29, 1.82) is 0 Å². The van der Waals surface area contributed by atoms with Gasteiger partial charge in [-0.15, -0.1) is 0 Å². The van der Waals surface area contributed by atoms with Crippen molar-refractivity contribution >= 4 is 0 Å². The first kappa shape index (κ1) is 28.0. The molecule has 16 atom stereocenters. The number of rotatable bonds is 7. The van der Waals surface area contributed by atoms with E-state index in [1.165, 1.54) is 0 Å². The fraction of sp³-hybridized carbons (Fsp3) is 1.00. The van der Waals surface area contributed by atoms with Gasteiger partial charge in [0.1, 0.15) is 54.9 Å². The first-order valence-corrected chi connectivity index (χ1v) is 11.2. The molecule has 0 radical (unpaired) electrons. The average Bonchev–Trinajstić information content (AvgIpc) is 3.07. The molecule has 0 aromatic rings. The lowest BCUT2D eigenvalue weighted by Gasteiger charge is -2.47. The van der Waals surface area contributed by atoms with Crippen LogP contribution < -0.4 is 22.9 Å². The normalized spacial score (nSPS) is 51.9. The Labute approximate surface area is 196 Å². The lowest BCUT2D eigenvalue weighted by Crippen LogP contribution is -2.68. The van der Waals surface area contributed by atoms with Crippen molar-refractivity contribution in [3.05, 3.63) is 0 Å². The van der Waals surface area contributed by atoms with Crippen LogP contribution in [0.15, 0.2) is 0 Å². The van der Waals surface area contributed by atoms with Crippen LogP contribution in [-0.4, -0.2) is 140 Å². The van der Waals surface area contributed by atoms with Gasteiger partial charge in [-0.05, 0) is 13.3 Å². The Hall–Kier alpha value is -0.600. The van der Waals surface area contributed by atoms with Crippen molar-refractivity contribution in [3.8, 4) is 0 Å². The molecule has 34 heavy (non-hydrogen) atoms. The van der Waals surface area contributed by atoms with Crippen molar-refractivity contribution in [1.82, 2.24) is 0 Å². The second kappa shape index (κ2) is 11.2. The highest BCUT2D eigenvalue weighted by Gasteiger charge is 2.53. The highest BCUT2D eigenvalue weighted by atomic mass is 16.7. The average molecular weight is 499 g/mol. The van der Waals surface area contributed by atoms with Gasteiger partial charge in [0.2, 0.25) is 0 Å². The summed E-state index contributed by atoms with van der Waals surface area (Å²) in [7, 11) is 0. The van der Waals surface area contributed by atoms with E-state index >= 15 is 0 Å². The maximum atomic E-state index is 10.7. The van der Waals surface area contributed by atoms with Crippen molar-refractivity contribution in [2.24, 2.45) is 22.9 Å². The zero-order valence-corrected chi connectivity index (χ0v) is 18.7. The molecule has 1 saturated carbocycles. The van der Waals surface area contributed by atoms with Gasteiger partial charge in [-0.3, -0.25) is 0 Å². The van der Waals surface area contributed by atoms with Gasteiger partial charge in [0.05, 0.1) is 18.8 Å². The predicted octanol–water partition coefficient (Wildman–Crippen LogP) is -6.90. The molecule has 200 valence electrons. The Morgan fingerprint density at radius 3 is 1.91 bits per heavy atom. The van der Waals surface area contributed by atoms with E-state index in [0.717, 1.165) is 0 Å². The third-order valence-electron chi connectivity index (χ3n) is 6.68. The van der Waals surface area contributed by atoms with Crippen LogP contribution in [0.2, 0.25) is 0 Å². The van der Waals surface area contributed by atoms with Gasteiger partial charge < -0.3 is 77.6 Å². The minimum Gasteiger partial charge on any atom is -0.394 e. The third kappa shape index (κ3) is 5.39. The Morgan fingerprint density at radius 2 is 1.35 bits per heavy atom. The van der Waals surface area contributed by atoms with Gasteiger partial charge in [-0.1, -0.05) is 0 Å². The zero-order valence-electron chi connectivity index (χ0n) is 18.7. The summed E-state index contributed by atoms with van der Waals surface area (Å²) in [5.41, 5.74) is 23.9. The Balaban J connectivity index is 1.80. The van der Waals surface area contributed by atoms with E-state index in [4.69, 9.17) is 41.9 Å². The second-order valence-corrected chi connectivity index (χ2v) is 9.34. The van der Waals surface area contributed by atoms with E-state index in [0.29, 0.717) is 0 Å². The smallest absolute Gasteiger partial charge is 0.187 e. The molecule has 14 unspecified atom stereocenters. The Kier molecular flexibility index (Phi) is 9.22. The van der Waals surface area contributed by atoms with E-state index in [1.54, 1.807) is 6.92 Å². The van der Waals surface area contributed by atoms with Crippen LogP contribution in [-0.2, 0) is 18.9 Å². The highest BCUT2D eigenvalue weighted by molar-refractivity contribution is 5.02. The molecule has 15 heteroatoms. The molecule has 0 amide bonds. The van der Waals surface area contributed by atoms with E-state index in [2.05, 4.69) is 0 Å². The molecule has 3 fully saturated rings. The quantitative estimate of drug-likeness (QED) is 0.155. The van der Waals surface area contributed by atoms with Gasteiger partial charge in [0, 0.05) is 18.1 Å². The van der Waals surface area contributed by atoms with Crippen molar-refractivity contribution in [2.75, 3.05) is 6.61 Å². The molecule has 0 aromatic heterocycles. The van der Waals surface area contributed by atoms with E-state index in [-0.39, 0.29) is 6.42 Å². The summed E-state index contributed by atoms with van der Waals surface area (Å²) in [6.45, 7) is 0.813. The minimum atomic E-state index is -1.61. The molecule has 2 aliphatic heterocycles. The largest absolute Gasteiger partial charge is 0.394 e. The molecule has 1 aliphatic carbocycles. The van der Waals surface area contributed by atoms with Crippen molar-refractivity contribution < 1.29 is 54.7 Å². The van der Waals surface area contributed by atoms with Gasteiger partial charge >= 0.3 is 0 Å². The topological polar surface area (TPSA) is 283 Å². The lowest BCUT2D eigenvalue weighted by atomic mass is 9.84. The molecule has 15 N–H and O–H groups in total. The van der Waals surface area contributed by atoms with Crippen LogP contribution >= 0.6 is 0 Å². The summed E-state index contributed by atoms with van der Waals surface area (Å²) >= 11 is 0. The summed E-state index contributed by atoms with van der Waals surface area (Å²) in [6.07, 6.45) is -16.5. The Morgan fingerprint density at radius 1 is 0.794 bits per heavy atom. The number of nitrogens with two attached hydrogens (primary N) is 4. The van der Waals surface area contributed by atoms with E-state index in [9.17, 15) is 35.7 Å². The van der Waals surface area contributed by atoms with Crippen molar-refractivity contribution in [2.45, 2.75) is 111 Å². The van der Waals surface area contributed by atoms with Crippen LogP contribution in [0.5, 0.6) is 0 Å². The van der Waals surface area contributed by atoms with E-state index < -0.39 is 104 Å². The first-order chi connectivity index (χ1) is 15.9. The van der Waals surface area contributed by atoms with Crippen LogP contribution in [0, 0.1) is 0 Å². The lowest BCUT2D eigenvalue weighted by molar-refractivity contribution is -0.317. The molecule has 3 rings (SSSR count). The summed E-state index contributed by atoms with van der Waals surface area (Å²) in [5.74, 6) is 0. The molecule has 3 aliphatic rings. The van der Waals surface area contributed by atoms with Gasteiger partial charge in [0.15, 0.2) is 12.6 Å². The van der Waals surface area contributed by atoms with Gasteiger partial charge in [0.25, 0.3) is 0 Å². The monoisotopic (exact) mass is 498 g/mol. The molecule has 0 bridgehead atoms. The number of hydrogen-bond acceptors (Lipinski definition) is 15. The third-order valence-corrected chi connectivity index (χ3v) is 6.68. The molecular weight excluding hydrogens is 460 g/mol. The second-order valence-electron chi connectivity index (χ2n) is 9.34. The summed E-state index contributed by atoms with van der Waals surface area (Å²) in [4.78, 5) is 0. The summed E-state index contributed by atoms with van der Waals surface area (Å²) < 4.78 is 22.7. The fourth-order valence-electron chi connectivity index (χ4n) is 4.59. The Bertz CT molecular complexity index is 666. The minimum absolute atomic E-state index is 0.0979. The number of aliphatic hydroxyl groups is 7. The molecule has 0 spiro atoms. The van der Waals surface area contributed by atoms with Gasteiger partial charge in [-0.2, -0.15) is 0 Å². The predicted molar refractivity (Wildman–Crippen MR) is 112 cm³/mol. The SMILES string of the molecule is C[C@H](N)C1OC(OC2C(O)C(N)CC(N)C2OC2OC([C@H](O)CO)C(O)C(O)C2N)C(O)C1O. The van der Waals surface area contributed by atoms with Crippen LogP contribution in [0.3, 0.4) is 0 Å². The molecule has 2 heterocycles.